The van der Waals surface area contributed by atoms with Crippen LogP contribution in [0.3, 0.4) is 0 Å². The lowest BCUT2D eigenvalue weighted by Gasteiger charge is -2.39. The zero-order valence-electron chi connectivity index (χ0n) is 39.6. The summed E-state index contributed by atoms with van der Waals surface area (Å²) in [6, 6.07) is 15.9. The summed E-state index contributed by atoms with van der Waals surface area (Å²) in [6.07, 6.45) is 10.4. The van der Waals surface area contributed by atoms with E-state index in [0.29, 0.717) is 82.9 Å². The predicted molar refractivity (Wildman–Crippen MR) is 258 cm³/mol. The second-order valence-electron chi connectivity index (χ2n) is 18.2. The second-order valence-corrected chi connectivity index (χ2v) is 18.2. The van der Waals surface area contributed by atoms with Crippen molar-refractivity contribution in [2.45, 2.75) is 77.5 Å². The Morgan fingerprint density at radius 2 is 1.03 bits per heavy atom. The number of pyridine rings is 4. The number of likely N-dealkylation sites (N-methyl/N-ethyl adjacent to an activating group) is 2. The first-order valence-corrected chi connectivity index (χ1v) is 23.5. The average molecular weight is 925 g/mol. The van der Waals surface area contributed by atoms with Gasteiger partial charge in [-0.3, -0.25) is 9.59 Å². The van der Waals surface area contributed by atoms with Crippen LogP contribution >= 0.6 is 0 Å². The number of piperazine rings is 2. The number of anilines is 4. The van der Waals surface area contributed by atoms with Crippen molar-refractivity contribution < 1.29 is 19.1 Å². The van der Waals surface area contributed by atoms with Gasteiger partial charge in [0.1, 0.15) is 46.8 Å². The zero-order valence-corrected chi connectivity index (χ0v) is 39.6. The van der Waals surface area contributed by atoms with Gasteiger partial charge < -0.3 is 48.8 Å². The maximum atomic E-state index is 13.3. The van der Waals surface area contributed by atoms with Gasteiger partial charge in [0.25, 0.3) is 11.8 Å². The summed E-state index contributed by atoms with van der Waals surface area (Å²) in [6.45, 7) is 15.0. The van der Waals surface area contributed by atoms with Crippen molar-refractivity contribution in [1.82, 2.24) is 59.3 Å². The van der Waals surface area contributed by atoms with E-state index in [0.717, 1.165) is 76.3 Å². The van der Waals surface area contributed by atoms with E-state index in [1.165, 1.54) is 0 Å². The van der Waals surface area contributed by atoms with Gasteiger partial charge in [-0.05, 0) is 104 Å². The van der Waals surface area contributed by atoms with Gasteiger partial charge in [-0.1, -0.05) is 12.1 Å². The minimum Gasteiger partial charge on any atom is -0.477 e. The molecule has 0 radical (unpaired) electrons. The minimum atomic E-state index is -0.303. The number of carbonyl (C=O) groups excluding carboxylic acids is 2. The van der Waals surface area contributed by atoms with Crippen LogP contribution in [0.25, 0.3) is 23.0 Å². The van der Waals surface area contributed by atoms with Crippen LogP contribution in [0.1, 0.15) is 86.2 Å². The maximum absolute atomic E-state index is 13.3. The summed E-state index contributed by atoms with van der Waals surface area (Å²) < 4.78 is 16.0. The SMILES string of the molecule is C[C@@H]1CN(c2cnc3c(c2)C(=O)Nc2cccc(n2)-c2nncn2[C@@H](C)CCCO3)CCN1C.C[C@H]1CN(c2cnc3c(c2)C(=O)Nc2cccc(n2)-c2nncn2[C@@H](C)CCCO3)CCN1C. The third-order valence-corrected chi connectivity index (χ3v) is 13.4. The summed E-state index contributed by atoms with van der Waals surface area (Å²) in [5, 5.41) is 22.5. The lowest BCUT2D eigenvalue weighted by atomic mass is 10.1. The highest BCUT2D eigenvalue weighted by atomic mass is 16.5. The quantitative estimate of drug-likeness (QED) is 0.213. The van der Waals surface area contributed by atoms with E-state index >= 15 is 0 Å². The third kappa shape index (κ3) is 10.2. The van der Waals surface area contributed by atoms with E-state index < -0.39 is 0 Å². The molecule has 356 valence electrons. The van der Waals surface area contributed by atoms with Crippen LogP contribution in [-0.2, 0) is 0 Å². The van der Waals surface area contributed by atoms with Gasteiger partial charge in [-0.15, -0.1) is 20.4 Å². The van der Waals surface area contributed by atoms with Crippen LogP contribution in [0, 0.1) is 0 Å². The van der Waals surface area contributed by atoms with Gasteiger partial charge in [-0.2, -0.15) is 0 Å². The highest BCUT2D eigenvalue weighted by molar-refractivity contribution is 6.06. The molecule has 0 saturated carbocycles. The van der Waals surface area contributed by atoms with Gasteiger partial charge in [0.2, 0.25) is 11.8 Å². The maximum Gasteiger partial charge on any atom is 0.262 e. The van der Waals surface area contributed by atoms with Crippen LogP contribution in [0.15, 0.2) is 73.6 Å². The molecule has 0 unspecified atom stereocenters. The van der Waals surface area contributed by atoms with Crippen LogP contribution in [0.2, 0.25) is 0 Å². The van der Waals surface area contributed by atoms with Crippen LogP contribution in [0.5, 0.6) is 11.8 Å². The molecule has 10 rings (SSSR count). The number of amides is 2. The van der Waals surface area contributed by atoms with E-state index in [-0.39, 0.29) is 23.9 Å². The summed E-state index contributed by atoms with van der Waals surface area (Å²) in [5.74, 6) is 2.30. The standard InChI is InChI=1S/2C24H30N8O2/c2*1-16-6-5-11-34-24-19(12-18(13-25-24)31-10-9-30(3)17(2)14-31)23(33)28-21-8-4-7-20(27-21)22-29-26-15-32(16)22/h2*4,7-8,12-13,15-17H,5-6,9-11,14H2,1-3H3,(H,27,28,33)/t16-,17+;16-,17-/m00/s1. The molecule has 0 spiro atoms. The van der Waals surface area contributed by atoms with Crippen LogP contribution in [0.4, 0.5) is 23.0 Å². The van der Waals surface area contributed by atoms with Crippen molar-refractivity contribution in [3.8, 4) is 34.8 Å². The lowest BCUT2D eigenvalue weighted by Crippen LogP contribution is -2.50. The molecule has 2 N–H and O–H groups in total. The Kier molecular flexibility index (Phi) is 13.8. The molecule has 0 aliphatic carbocycles. The summed E-state index contributed by atoms with van der Waals surface area (Å²) in [4.78, 5) is 54.3. The predicted octanol–water partition coefficient (Wildman–Crippen LogP) is 5.72. The first kappa shape index (κ1) is 46.1. The molecule has 6 aromatic heterocycles. The number of ether oxygens (including phenoxy) is 2. The monoisotopic (exact) mass is 924 g/mol. The van der Waals surface area contributed by atoms with Crippen molar-refractivity contribution in [2.75, 3.05) is 87.0 Å². The van der Waals surface area contributed by atoms with Crippen molar-refractivity contribution >= 4 is 34.8 Å². The number of aromatic nitrogens is 10. The molecule has 68 heavy (non-hydrogen) atoms. The number of nitrogens with one attached hydrogen (secondary N) is 2. The van der Waals surface area contributed by atoms with Crippen molar-refractivity contribution in [3.63, 3.8) is 0 Å². The molecule has 2 fully saturated rings. The largest absolute Gasteiger partial charge is 0.477 e. The number of carbonyl (C=O) groups is 2. The molecule has 20 heteroatoms. The number of rotatable bonds is 2. The van der Waals surface area contributed by atoms with Crippen LogP contribution < -0.4 is 29.9 Å². The highest BCUT2D eigenvalue weighted by Crippen LogP contribution is 2.30. The topological polar surface area (TPSA) is 203 Å². The summed E-state index contributed by atoms with van der Waals surface area (Å²) >= 11 is 0. The average Bonchev–Trinajstić information content (AvgIpc) is 4.05. The minimum absolute atomic E-state index is 0.172. The van der Waals surface area contributed by atoms with Crippen molar-refractivity contribution in [1.29, 1.82) is 0 Å². The van der Waals surface area contributed by atoms with Crippen LogP contribution in [-0.4, -0.2) is 150 Å². The fourth-order valence-corrected chi connectivity index (χ4v) is 8.84. The van der Waals surface area contributed by atoms with Gasteiger partial charge in [0, 0.05) is 63.4 Å². The Balaban J connectivity index is 0.000000170. The van der Waals surface area contributed by atoms with E-state index in [4.69, 9.17) is 9.47 Å². The number of hydrogen-bond donors (Lipinski definition) is 2. The molecule has 10 heterocycles. The Morgan fingerprint density at radius 1 is 0.588 bits per heavy atom. The zero-order chi connectivity index (χ0) is 47.3. The number of nitrogens with zero attached hydrogens (tertiary/aromatic N) is 14. The third-order valence-electron chi connectivity index (χ3n) is 13.4. The smallest absolute Gasteiger partial charge is 0.262 e. The molecule has 0 aromatic carbocycles. The Labute approximate surface area is 396 Å². The molecule has 4 aliphatic heterocycles. The molecule has 4 bridgehead atoms. The van der Waals surface area contributed by atoms with E-state index in [9.17, 15) is 9.59 Å². The van der Waals surface area contributed by atoms with Crippen molar-refractivity contribution in [2.24, 2.45) is 0 Å². The molecular formula is C48H60N16O4. The normalized spacial score (nSPS) is 21.6. The van der Waals surface area contributed by atoms with E-state index in [1.807, 2.05) is 45.5 Å². The fourth-order valence-electron chi connectivity index (χ4n) is 8.84. The molecule has 20 nitrogen and oxygen atoms in total. The number of hydrogen-bond acceptors (Lipinski definition) is 16. The molecule has 6 aromatic rings. The first-order valence-electron chi connectivity index (χ1n) is 23.5. The molecule has 2 saturated heterocycles. The van der Waals surface area contributed by atoms with Gasteiger partial charge >= 0.3 is 0 Å². The summed E-state index contributed by atoms with van der Waals surface area (Å²) in [7, 11) is 4.27. The van der Waals surface area contributed by atoms with E-state index in [1.54, 1.807) is 37.2 Å². The van der Waals surface area contributed by atoms with Gasteiger partial charge in [-0.25, -0.2) is 19.9 Å². The van der Waals surface area contributed by atoms with Gasteiger partial charge in [0.05, 0.1) is 37.0 Å². The molecule has 4 atom stereocenters. The molecule has 2 amide bonds. The van der Waals surface area contributed by atoms with E-state index in [2.05, 4.69) is 112 Å². The highest BCUT2D eigenvalue weighted by Gasteiger charge is 2.27. The Hall–Kier alpha value is -7.06. The summed E-state index contributed by atoms with van der Waals surface area (Å²) in [5.41, 5.74) is 3.97. The Bertz CT molecular complexity index is 2540. The molecular weight excluding hydrogens is 865 g/mol. The first-order chi connectivity index (χ1) is 33.0. The van der Waals surface area contributed by atoms with Gasteiger partial charge in [0.15, 0.2) is 11.6 Å². The fraction of sp³-hybridized carbons (Fsp3) is 0.458. The second kappa shape index (κ2) is 20.4. The van der Waals surface area contributed by atoms with Crippen molar-refractivity contribution in [3.05, 3.63) is 84.7 Å². The molecule has 4 aliphatic rings. The number of fused-ring (bicyclic) bond motifs is 10. The lowest BCUT2D eigenvalue weighted by molar-refractivity contribution is 0.101. The Morgan fingerprint density at radius 3 is 1.46 bits per heavy atom.